The van der Waals surface area contributed by atoms with Gasteiger partial charge in [0.05, 0.1) is 36.0 Å². The molecule has 0 spiro atoms. The minimum absolute atomic E-state index is 0.469. The Hall–Kier alpha value is -2.70. The Morgan fingerprint density at radius 1 is 0.667 bits per heavy atom. The lowest BCUT2D eigenvalue weighted by atomic mass is 10.2. The van der Waals surface area contributed by atoms with Crippen LogP contribution >= 0.6 is 19.0 Å². The summed E-state index contributed by atoms with van der Waals surface area (Å²) >= 11 is 1.36. The molecule has 1 atom stereocenters. The van der Waals surface area contributed by atoms with Gasteiger partial charge in [0.25, 0.3) is 0 Å². The molecule has 0 N–H and O–H groups in total. The Kier molecular flexibility index (Phi) is 10.4. The van der Waals surface area contributed by atoms with Gasteiger partial charge in [-0.3, -0.25) is 19.9 Å². The highest BCUT2D eigenvalue weighted by Gasteiger charge is 2.07. The monoisotopic (exact) mass is 478 g/mol. The Labute approximate surface area is 200 Å². The van der Waals surface area contributed by atoms with Gasteiger partial charge in [-0.1, -0.05) is 38.1 Å². The number of rotatable bonds is 9. The summed E-state index contributed by atoms with van der Waals surface area (Å²) in [6.45, 7) is 6.99. The Balaban J connectivity index is 0.00000149. The number of nitrogens with zero attached hydrogens (tertiary/aromatic N) is 4. The maximum absolute atomic E-state index is 5.91. The molecule has 0 aromatic carbocycles. The zero-order valence-electron chi connectivity index (χ0n) is 19.0. The van der Waals surface area contributed by atoms with Crippen LogP contribution in [0.5, 0.6) is 0 Å². The van der Waals surface area contributed by atoms with Crippen molar-refractivity contribution >= 4 is 19.0 Å². The molecule has 0 aliphatic carbocycles. The van der Waals surface area contributed by atoms with Crippen molar-refractivity contribution in [3.05, 3.63) is 96.6 Å². The molecule has 0 radical (unpaired) electrons. The van der Waals surface area contributed by atoms with Crippen molar-refractivity contribution in [2.24, 2.45) is 0 Å². The standard InChI is InChI=1S/C23H21N4O2PS.C2H6/c1-30(28-16-18-8-10-22(26-14-18)20-6-2-4-12-24-20)31-29-17-19-9-11-23(27-15-19)21-7-3-5-13-25-21;1-2/h2-15H,16-17H2,1H3;1-2H3. The largest absolute Gasteiger partial charge is 0.341 e. The molecule has 0 bridgehead atoms. The normalized spacial score (nSPS) is 11.4. The van der Waals surface area contributed by atoms with E-state index in [1.54, 1.807) is 12.4 Å². The number of hydrogen-bond acceptors (Lipinski definition) is 7. The van der Waals surface area contributed by atoms with Crippen molar-refractivity contribution in [3.63, 3.8) is 0 Å². The van der Waals surface area contributed by atoms with Gasteiger partial charge in [-0.25, -0.2) is 0 Å². The summed E-state index contributed by atoms with van der Waals surface area (Å²) in [5.41, 5.74) is 5.44. The van der Waals surface area contributed by atoms with Crippen LogP contribution in [0.3, 0.4) is 0 Å². The van der Waals surface area contributed by atoms with Gasteiger partial charge in [0.1, 0.15) is 7.35 Å². The lowest BCUT2D eigenvalue weighted by Gasteiger charge is -2.12. The second-order valence-corrected chi connectivity index (χ2v) is 10.1. The van der Waals surface area contributed by atoms with E-state index in [1.165, 1.54) is 11.7 Å². The van der Waals surface area contributed by atoms with Crippen LogP contribution in [-0.2, 0) is 21.9 Å². The average molecular weight is 479 g/mol. The number of aromatic nitrogens is 4. The Bertz CT molecular complexity index is 1070. The minimum atomic E-state index is -0.770. The van der Waals surface area contributed by atoms with E-state index in [2.05, 4.69) is 19.9 Å². The van der Waals surface area contributed by atoms with Crippen LogP contribution in [0.2, 0.25) is 0 Å². The van der Waals surface area contributed by atoms with E-state index in [0.717, 1.165) is 33.9 Å². The molecule has 0 saturated heterocycles. The van der Waals surface area contributed by atoms with Gasteiger partial charge in [-0.2, -0.15) is 0 Å². The van der Waals surface area contributed by atoms with E-state index < -0.39 is 7.35 Å². The fraction of sp³-hybridized carbons (Fsp3) is 0.200. The van der Waals surface area contributed by atoms with E-state index in [4.69, 9.17) is 8.71 Å². The first kappa shape index (κ1) is 24.9. The molecule has 6 nitrogen and oxygen atoms in total. The highest BCUT2D eigenvalue weighted by atomic mass is 32.7. The lowest BCUT2D eigenvalue weighted by molar-refractivity contribution is 0.341. The third-order valence-electron chi connectivity index (χ3n) is 4.30. The fourth-order valence-corrected chi connectivity index (χ4v) is 4.31. The minimum Gasteiger partial charge on any atom is -0.341 e. The van der Waals surface area contributed by atoms with Crippen molar-refractivity contribution in [1.29, 1.82) is 0 Å². The molecule has 4 aromatic rings. The van der Waals surface area contributed by atoms with Gasteiger partial charge >= 0.3 is 0 Å². The molecule has 0 aliphatic rings. The van der Waals surface area contributed by atoms with Crippen LogP contribution in [0.25, 0.3) is 22.8 Å². The highest BCUT2D eigenvalue weighted by Crippen LogP contribution is 2.48. The van der Waals surface area contributed by atoms with Crippen molar-refractivity contribution in [3.8, 4) is 22.8 Å². The van der Waals surface area contributed by atoms with Gasteiger partial charge in [0.15, 0.2) is 0 Å². The first-order valence-corrected chi connectivity index (χ1v) is 13.7. The smallest absolute Gasteiger partial charge is 0.115 e. The summed E-state index contributed by atoms with van der Waals surface area (Å²) in [5.74, 6) is 0. The average Bonchev–Trinajstić information content (AvgIpc) is 2.90. The fourth-order valence-electron chi connectivity index (χ4n) is 2.71. The first-order valence-electron chi connectivity index (χ1n) is 10.7. The summed E-state index contributed by atoms with van der Waals surface area (Å²) in [6, 6.07) is 19.5. The van der Waals surface area contributed by atoms with Crippen LogP contribution in [-0.4, -0.2) is 26.6 Å². The van der Waals surface area contributed by atoms with Crippen LogP contribution in [0.4, 0.5) is 0 Å². The maximum Gasteiger partial charge on any atom is 0.115 e. The van der Waals surface area contributed by atoms with Crippen LogP contribution < -0.4 is 0 Å². The summed E-state index contributed by atoms with van der Waals surface area (Å²) < 4.78 is 11.6. The van der Waals surface area contributed by atoms with E-state index in [-0.39, 0.29) is 0 Å². The zero-order chi connectivity index (χ0) is 23.3. The SMILES string of the molecule is CC.CP(OCc1ccc(-c2ccccn2)nc1)SOCc1ccc(-c2ccccn2)nc1. The summed E-state index contributed by atoms with van der Waals surface area (Å²) in [5, 5.41) is 0. The molecule has 4 heterocycles. The van der Waals surface area contributed by atoms with Gasteiger partial charge in [0.2, 0.25) is 0 Å². The molecule has 33 heavy (non-hydrogen) atoms. The highest BCUT2D eigenvalue weighted by molar-refractivity contribution is 8.51. The molecular formula is C25H27N4O2PS. The third kappa shape index (κ3) is 7.98. The second-order valence-electron chi connectivity index (χ2n) is 6.58. The van der Waals surface area contributed by atoms with Gasteiger partial charge in [0, 0.05) is 36.4 Å². The summed E-state index contributed by atoms with van der Waals surface area (Å²) in [7, 11) is -0.770. The van der Waals surface area contributed by atoms with E-state index in [9.17, 15) is 0 Å². The van der Waals surface area contributed by atoms with Crippen molar-refractivity contribution in [2.45, 2.75) is 27.1 Å². The third-order valence-corrected chi connectivity index (χ3v) is 6.49. The molecule has 0 saturated carbocycles. The first-order chi connectivity index (χ1) is 16.3. The quantitative estimate of drug-likeness (QED) is 0.190. The zero-order valence-corrected chi connectivity index (χ0v) is 20.7. The van der Waals surface area contributed by atoms with E-state index >= 15 is 0 Å². The van der Waals surface area contributed by atoms with Crippen molar-refractivity contribution in [2.75, 3.05) is 6.66 Å². The van der Waals surface area contributed by atoms with Crippen LogP contribution in [0, 0.1) is 0 Å². The Morgan fingerprint density at radius 2 is 1.18 bits per heavy atom. The number of pyridine rings is 4. The maximum atomic E-state index is 5.91. The molecule has 0 amide bonds. The molecule has 4 rings (SSSR count). The topological polar surface area (TPSA) is 70.0 Å². The van der Waals surface area contributed by atoms with Crippen LogP contribution in [0.1, 0.15) is 25.0 Å². The van der Waals surface area contributed by atoms with Crippen LogP contribution in [0.15, 0.2) is 85.5 Å². The summed E-state index contributed by atoms with van der Waals surface area (Å²) in [4.78, 5) is 17.6. The predicted octanol–water partition coefficient (Wildman–Crippen LogP) is 6.95. The molecule has 0 fully saturated rings. The van der Waals surface area contributed by atoms with Crippen molar-refractivity contribution < 1.29 is 8.71 Å². The van der Waals surface area contributed by atoms with E-state index in [1.807, 2.05) is 93.6 Å². The van der Waals surface area contributed by atoms with E-state index in [0.29, 0.717) is 13.2 Å². The van der Waals surface area contributed by atoms with Gasteiger partial charge in [-0.05, 0) is 54.2 Å². The van der Waals surface area contributed by atoms with Gasteiger partial charge < -0.3 is 8.71 Å². The lowest BCUT2D eigenvalue weighted by Crippen LogP contribution is -1.92. The molecule has 170 valence electrons. The second kappa shape index (κ2) is 13.8. The summed E-state index contributed by atoms with van der Waals surface area (Å²) in [6.07, 6.45) is 7.17. The van der Waals surface area contributed by atoms with Crippen molar-refractivity contribution in [1.82, 2.24) is 19.9 Å². The molecular weight excluding hydrogens is 451 g/mol. The number of hydrogen-bond donors (Lipinski definition) is 0. The molecule has 4 aromatic heterocycles. The predicted molar refractivity (Wildman–Crippen MR) is 136 cm³/mol. The molecule has 8 heteroatoms. The Morgan fingerprint density at radius 3 is 1.64 bits per heavy atom. The molecule has 0 aliphatic heterocycles. The molecule has 1 unspecified atom stereocenters. The van der Waals surface area contributed by atoms with Gasteiger partial charge in [-0.15, -0.1) is 0 Å².